The van der Waals surface area contributed by atoms with Crippen molar-refractivity contribution in [3.05, 3.63) is 18.2 Å². The van der Waals surface area contributed by atoms with Crippen LogP contribution in [-0.2, 0) is 11.3 Å². The summed E-state index contributed by atoms with van der Waals surface area (Å²) in [5, 5.41) is 0. The number of imidazole rings is 1. The van der Waals surface area contributed by atoms with E-state index < -0.39 is 0 Å². The molecular weight excluding hydrogens is 268 g/mol. The lowest BCUT2D eigenvalue weighted by Crippen LogP contribution is -2.45. The molecule has 4 rings (SSSR count). The molecule has 114 valence electrons. The van der Waals surface area contributed by atoms with Crippen molar-refractivity contribution in [2.75, 3.05) is 26.2 Å². The van der Waals surface area contributed by atoms with Crippen LogP contribution in [0.3, 0.4) is 0 Å². The summed E-state index contributed by atoms with van der Waals surface area (Å²) in [6.07, 6.45) is 8.53. The predicted molar refractivity (Wildman–Crippen MR) is 76.9 cm³/mol. The first-order valence-corrected chi connectivity index (χ1v) is 7.98. The second kappa shape index (κ2) is 5.33. The number of carbonyl (C=O) groups excluding carboxylic acids is 1. The van der Waals surface area contributed by atoms with Gasteiger partial charge >= 0.3 is 6.09 Å². The SMILES string of the molecule is O=C1OCCN1C1CCN(Cc2cncn2C2CC2)CC1. The van der Waals surface area contributed by atoms with E-state index in [4.69, 9.17) is 4.74 Å². The van der Waals surface area contributed by atoms with E-state index in [2.05, 4.69) is 14.5 Å². The molecule has 6 nitrogen and oxygen atoms in total. The van der Waals surface area contributed by atoms with Crippen molar-refractivity contribution in [3.63, 3.8) is 0 Å². The zero-order valence-corrected chi connectivity index (χ0v) is 12.3. The second-order valence-electron chi connectivity index (χ2n) is 6.34. The molecular formula is C15H22N4O2. The van der Waals surface area contributed by atoms with E-state index in [9.17, 15) is 4.79 Å². The Bertz CT molecular complexity index is 517. The van der Waals surface area contributed by atoms with E-state index in [0.29, 0.717) is 18.7 Å². The maximum Gasteiger partial charge on any atom is 0.410 e. The molecule has 21 heavy (non-hydrogen) atoms. The second-order valence-corrected chi connectivity index (χ2v) is 6.34. The minimum atomic E-state index is -0.125. The Morgan fingerprint density at radius 2 is 1.95 bits per heavy atom. The van der Waals surface area contributed by atoms with Gasteiger partial charge in [0, 0.05) is 37.9 Å². The van der Waals surface area contributed by atoms with E-state index in [1.807, 2.05) is 17.4 Å². The number of aromatic nitrogens is 2. The third-order valence-electron chi connectivity index (χ3n) is 4.86. The number of piperidine rings is 1. The summed E-state index contributed by atoms with van der Waals surface area (Å²) < 4.78 is 7.38. The molecule has 0 bridgehead atoms. The van der Waals surface area contributed by atoms with Gasteiger partial charge < -0.3 is 14.2 Å². The molecule has 0 atom stereocenters. The Morgan fingerprint density at radius 1 is 1.14 bits per heavy atom. The van der Waals surface area contributed by atoms with E-state index in [1.165, 1.54) is 18.5 Å². The van der Waals surface area contributed by atoms with Crippen molar-refractivity contribution in [2.45, 2.75) is 44.3 Å². The molecule has 3 fully saturated rings. The summed E-state index contributed by atoms with van der Waals surface area (Å²) in [4.78, 5) is 20.3. The topological polar surface area (TPSA) is 50.6 Å². The number of hydrogen-bond donors (Lipinski definition) is 0. The molecule has 0 spiro atoms. The minimum absolute atomic E-state index is 0.125. The van der Waals surface area contributed by atoms with Gasteiger partial charge in [-0.3, -0.25) is 4.90 Å². The third kappa shape index (κ3) is 2.64. The fourth-order valence-electron chi connectivity index (χ4n) is 3.49. The Balaban J connectivity index is 1.33. The lowest BCUT2D eigenvalue weighted by molar-refractivity contribution is 0.114. The molecule has 1 aromatic rings. The Hall–Kier alpha value is -1.56. The number of cyclic esters (lactones) is 1. The molecule has 2 aliphatic heterocycles. The largest absolute Gasteiger partial charge is 0.448 e. The van der Waals surface area contributed by atoms with Crippen molar-refractivity contribution in [3.8, 4) is 0 Å². The number of hydrogen-bond acceptors (Lipinski definition) is 4. The van der Waals surface area contributed by atoms with Gasteiger partial charge in [0.2, 0.25) is 0 Å². The molecule has 1 amide bonds. The first-order valence-electron chi connectivity index (χ1n) is 7.98. The van der Waals surface area contributed by atoms with E-state index in [-0.39, 0.29) is 6.09 Å². The van der Waals surface area contributed by atoms with Gasteiger partial charge in [0.05, 0.1) is 18.6 Å². The van der Waals surface area contributed by atoms with Crippen LogP contribution in [0.15, 0.2) is 12.5 Å². The van der Waals surface area contributed by atoms with Crippen LogP contribution in [0.2, 0.25) is 0 Å². The number of amides is 1. The standard InChI is InChI=1S/C15H22N4O2/c20-15-18(7-8-21-15)13-3-5-17(6-4-13)10-14-9-16-11-19(14)12-1-2-12/h9,11-13H,1-8,10H2. The van der Waals surface area contributed by atoms with E-state index >= 15 is 0 Å². The average Bonchev–Trinajstić information content (AvgIpc) is 3.09. The maximum absolute atomic E-state index is 11.6. The van der Waals surface area contributed by atoms with Gasteiger partial charge in [-0.1, -0.05) is 0 Å². The van der Waals surface area contributed by atoms with Gasteiger partial charge in [0.15, 0.2) is 0 Å². The van der Waals surface area contributed by atoms with Crippen LogP contribution in [0.5, 0.6) is 0 Å². The maximum atomic E-state index is 11.6. The summed E-state index contributed by atoms with van der Waals surface area (Å²) in [6.45, 7) is 4.39. The monoisotopic (exact) mass is 290 g/mol. The van der Waals surface area contributed by atoms with Crippen LogP contribution in [0.4, 0.5) is 4.79 Å². The molecule has 0 N–H and O–H groups in total. The Kier molecular flexibility index (Phi) is 3.33. The number of rotatable bonds is 4. The fraction of sp³-hybridized carbons (Fsp3) is 0.733. The quantitative estimate of drug-likeness (QED) is 0.846. The smallest absolute Gasteiger partial charge is 0.410 e. The lowest BCUT2D eigenvalue weighted by Gasteiger charge is -2.35. The number of carbonyl (C=O) groups is 1. The molecule has 3 aliphatic rings. The van der Waals surface area contributed by atoms with Gasteiger partial charge in [-0.25, -0.2) is 9.78 Å². The van der Waals surface area contributed by atoms with Crippen molar-refractivity contribution in [2.24, 2.45) is 0 Å². The average molecular weight is 290 g/mol. The highest BCUT2D eigenvalue weighted by Crippen LogP contribution is 2.36. The highest BCUT2D eigenvalue weighted by atomic mass is 16.6. The van der Waals surface area contributed by atoms with Crippen molar-refractivity contribution < 1.29 is 9.53 Å². The molecule has 2 saturated heterocycles. The molecule has 0 aromatic carbocycles. The molecule has 6 heteroatoms. The third-order valence-corrected chi connectivity index (χ3v) is 4.86. The van der Waals surface area contributed by atoms with E-state index in [0.717, 1.165) is 39.0 Å². The summed E-state index contributed by atoms with van der Waals surface area (Å²) in [7, 11) is 0. The van der Waals surface area contributed by atoms with Crippen LogP contribution >= 0.6 is 0 Å². The van der Waals surface area contributed by atoms with Crippen molar-refractivity contribution >= 4 is 6.09 Å². The summed E-state index contributed by atoms with van der Waals surface area (Å²) in [6, 6.07) is 1.06. The van der Waals surface area contributed by atoms with Gasteiger partial charge in [-0.15, -0.1) is 0 Å². The zero-order chi connectivity index (χ0) is 14.2. The highest BCUT2D eigenvalue weighted by molar-refractivity contribution is 5.69. The zero-order valence-electron chi connectivity index (χ0n) is 12.3. The summed E-state index contributed by atoms with van der Waals surface area (Å²) in [5.74, 6) is 0. The van der Waals surface area contributed by atoms with Crippen LogP contribution < -0.4 is 0 Å². The summed E-state index contributed by atoms with van der Waals surface area (Å²) in [5.41, 5.74) is 1.33. The van der Waals surface area contributed by atoms with Gasteiger partial charge in [-0.05, 0) is 25.7 Å². The van der Waals surface area contributed by atoms with Crippen LogP contribution in [0, 0.1) is 0 Å². The number of nitrogens with zero attached hydrogens (tertiary/aromatic N) is 4. The molecule has 1 saturated carbocycles. The van der Waals surface area contributed by atoms with Crippen molar-refractivity contribution in [1.29, 1.82) is 0 Å². The van der Waals surface area contributed by atoms with Gasteiger partial charge in [-0.2, -0.15) is 0 Å². The molecule has 0 radical (unpaired) electrons. The minimum Gasteiger partial charge on any atom is -0.448 e. The van der Waals surface area contributed by atoms with Gasteiger partial charge in [0.25, 0.3) is 0 Å². The number of ether oxygens (including phenoxy) is 1. The molecule has 0 unspecified atom stereocenters. The Morgan fingerprint density at radius 3 is 2.62 bits per heavy atom. The van der Waals surface area contributed by atoms with Crippen molar-refractivity contribution in [1.82, 2.24) is 19.4 Å². The predicted octanol–water partition coefficient (Wildman–Crippen LogP) is 1.63. The highest BCUT2D eigenvalue weighted by Gasteiger charge is 2.32. The van der Waals surface area contributed by atoms with Crippen LogP contribution in [0.1, 0.15) is 37.4 Å². The first kappa shape index (κ1) is 13.1. The number of likely N-dealkylation sites (tertiary alicyclic amines) is 1. The van der Waals surface area contributed by atoms with Gasteiger partial charge in [0.1, 0.15) is 6.61 Å². The van der Waals surface area contributed by atoms with Crippen LogP contribution in [0.25, 0.3) is 0 Å². The van der Waals surface area contributed by atoms with Crippen LogP contribution in [-0.4, -0.2) is 57.7 Å². The first-order chi connectivity index (χ1) is 10.3. The Labute approximate surface area is 124 Å². The molecule has 1 aliphatic carbocycles. The molecule has 3 heterocycles. The summed E-state index contributed by atoms with van der Waals surface area (Å²) >= 11 is 0. The molecule has 1 aromatic heterocycles. The van der Waals surface area contributed by atoms with E-state index in [1.54, 1.807) is 0 Å². The fourth-order valence-corrected chi connectivity index (χ4v) is 3.49. The lowest BCUT2D eigenvalue weighted by atomic mass is 10.0. The normalized spacial score (nSPS) is 24.6.